The van der Waals surface area contributed by atoms with E-state index in [2.05, 4.69) is 38.2 Å². The third-order valence-corrected chi connectivity index (χ3v) is 4.72. The minimum absolute atomic E-state index is 0.0561. The summed E-state index contributed by atoms with van der Waals surface area (Å²) in [6.07, 6.45) is 3.92. The van der Waals surface area contributed by atoms with Crippen LogP contribution in [0, 0.1) is 29.6 Å². The fraction of sp³-hybridized carbons (Fsp3) is 0.875. The second-order valence-corrected chi connectivity index (χ2v) is 6.79. The number of rotatable bonds is 5. The smallest absolute Gasteiger partial charge is 0.223 e. The molecule has 0 saturated heterocycles. The molecule has 1 aliphatic carbocycles. The molecule has 116 valence electrons. The van der Waals surface area contributed by atoms with Crippen molar-refractivity contribution in [1.29, 1.82) is 0 Å². The normalized spacial score (nSPS) is 27.1. The van der Waals surface area contributed by atoms with E-state index < -0.39 is 0 Å². The van der Waals surface area contributed by atoms with Crippen LogP contribution in [0.25, 0.3) is 0 Å². The van der Waals surface area contributed by atoms with Crippen LogP contribution in [0.4, 0.5) is 0 Å². The number of nitrogens with one attached hydrogen (secondary N) is 1. The maximum atomic E-state index is 12.0. The third kappa shape index (κ3) is 4.22. The molecule has 0 unspecified atom stereocenters. The summed E-state index contributed by atoms with van der Waals surface area (Å²) in [5.41, 5.74) is 0.927. The summed E-state index contributed by atoms with van der Waals surface area (Å²) < 4.78 is 0. The summed E-state index contributed by atoms with van der Waals surface area (Å²) in [5.74, 6) is 1.90. The molecular formula is C16H30N2O2. The summed E-state index contributed by atoms with van der Waals surface area (Å²) in [7, 11) is 1.70. The van der Waals surface area contributed by atoms with Crippen LogP contribution in [0.15, 0.2) is 5.16 Å². The molecule has 0 aromatic heterocycles. The Balaban J connectivity index is 2.68. The minimum atomic E-state index is 0.0561. The summed E-state index contributed by atoms with van der Waals surface area (Å²) in [6, 6.07) is 0. The van der Waals surface area contributed by atoms with Crippen molar-refractivity contribution in [2.24, 2.45) is 34.7 Å². The van der Waals surface area contributed by atoms with Crippen molar-refractivity contribution in [2.75, 3.05) is 7.05 Å². The minimum Gasteiger partial charge on any atom is -0.411 e. The molecule has 1 rings (SSSR count). The van der Waals surface area contributed by atoms with Crippen molar-refractivity contribution < 1.29 is 10.0 Å². The molecule has 0 bridgehead atoms. The molecule has 0 aromatic rings. The number of oxime groups is 1. The van der Waals surface area contributed by atoms with Gasteiger partial charge in [0.15, 0.2) is 0 Å². The molecular weight excluding hydrogens is 252 g/mol. The zero-order chi connectivity index (χ0) is 15.3. The largest absolute Gasteiger partial charge is 0.411 e. The van der Waals surface area contributed by atoms with Gasteiger partial charge in [-0.25, -0.2) is 0 Å². The van der Waals surface area contributed by atoms with E-state index in [0.717, 1.165) is 31.4 Å². The van der Waals surface area contributed by atoms with Gasteiger partial charge in [0.1, 0.15) is 0 Å². The Labute approximate surface area is 123 Å². The number of nitrogens with zero attached hydrogens (tertiary/aromatic N) is 1. The molecule has 0 aliphatic heterocycles. The lowest BCUT2D eigenvalue weighted by Gasteiger charge is -2.33. The lowest BCUT2D eigenvalue weighted by atomic mass is 9.72. The molecule has 2 N–H and O–H groups in total. The van der Waals surface area contributed by atoms with E-state index in [4.69, 9.17) is 0 Å². The third-order valence-electron chi connectivity index (χ3n) is 4.72. The monoisotopic (exact) mass is 282 g/mol. The molecule has 1 saturated carbocycles. The predicted molar refractivity (Wildman–Crippen MR) is 81.9 cm³/mol. The first-order valence-corrected chi connectivity index (χ1v) is 7.83. The molecule has 4 heteroatoms. The van der Waals surface area contributed by atoms with Crippen LogP contribution in [-0.2, 0) is 4.79 Å². The van der Waals surface area contributed by atoms with Gasteiger partial charge < -0.3 is 10.5 Å². The van der Waals surface area contributed by atoms with Gasteiger partial charge in [-0.1, -0.05) is 32.9 Å². The summed E-state index contributed by atoms with van der Waals surface area (Å²) in [6.45, 7) is 8.55. The Morgan fingerprint density at radius 3 is 2.45 bits per heavy atom. The lowest BCUT2D eigenvalue weighted by Crippen LogP contribution is -2.35. The Hall–Kier alpha value is -1.06. The van der Waals surface area contributed by atoms with E-state index in [9.17, 15) is 10.0 Å². The van der Waals surface area contributed by atoms with Crippen LogP contribution in [-0.4, -0.2) is 23.9 Å². The van der Waals surface area contributed by atoms with Crippen molar-refractivity contribution >= 4 is 11.6 Å². The highest BCUT2D eigenvalue weighted by molar-refractivity contribution is 5.87. The second-order valence-electron chi connectivity index (χ2n) is 6.79. The topological polar surface area (TPSA) is 61.7 Å². The van der Waals surface area contributed by atoms with E-state index in [-0.39, 0.29) is 11.8 Å². The molecule has 1 fully saturated rings. The standard InChI is InChI=1S/C16H30N2O2/c1-10(2)13-7-6-12(9-15(13)18-20)8-14(11(3)4)16(19)17-5/h10-14,20H,6-9H2,1-5H3,(H,17,19)/t12-,13+,14+/m1/s1. The molecule has 0 aromatic carbocycles. The fourth-order valence-corrected chi connectivity index (χ4v) is 3.39. The van der Waals surface area contributed by atoms with E-state index in [1.165, 1.54) is 0 Å². The van der Waals surface area contributed by atoms with Crippen molar-refractivity contribution in [3.05, 3.63) is 0 Å². The highest BCUT2D eigenvalue weighted by Crippen LogP contribution is 2.36. The summed E-state index contributed by atoms with van der Waals surface area (Å²) in [5, 5.41) is 15.5. The van der Waals surface area contributed by atoms with E-state index in [0.29, 0.717) is 23.7 Å². The van der Waals surface area contributed by atoms with Crippen LogP contribution in [0.2, 0.25) is 0 Å². The van der Waals surface area contributed by atoms with Crippen LogP contribution in [0.1, 0.15) is 53.4 Å². The molecule has 20 heavy (non-hydrogen) atoms. The number of carbonyl (C=O) groups is 1. The van der Waals surface area contributed by atoms with Gasteiger partial charge in [0.2, 0.25) is 5.91 Å². The van der Waals surface area contributed by atoms with Crippen LogP contribution >= 0.6 is 0 Å². The van der Waals surface area contributed by atoms with Crippen molar-refractivity contribution in [3.8, 4) is 0 Å². The van der Waals surface area contributed by atoms with Crippen molar-refractivity contribution in [2.45, 2.75) is 53.4 Å². The first-order chi connectivity index (χ1) is 9.40. The predicted octanol–water partition coefficient (Wildman–Crippen LogP) is 3.30. The van der Waals surface area contributed by atoms with Gasteiger partial charge in [-0.05, 0) is 43.4 Å². The lowest BCUT2D eigenvalue weighted by molar-refractivity contribution is -0.126. The zero-order valence-corrected chi connectivity index (χ0v) is 13.5. The summed E-state index contributed by atoms with van der Waals surface area (Å²) in [4.78, 5) is 12.0. The number of hydrogen-bond acceptors (Lipinski definition) is 3. The number of amides is 1. The molecule has 0 heterocycles. The first kappa shape index (κ1) is 17.0. The van der Waals surface area contributed by atoms with Gasteiger partial charge in [0.25, 0.3) is 0 Å². The van der Waals surface area contributed by atoms with E-state index in [1.54, 1.807) is 7.05 Å². The van der Waals surface area contributed by atoms with Gasteiger partial charge in [-0.15, -0.1) is 0 Å². The quantitative estimate of drug-likeness (QED) is 0.600. The van der Waals surface area contributed by atoms with Gasteiger partial charge in [0.05, 0.1) is 5.71 Å². The molecule has 0 radical (unpaired) electrons. The number of carbonyl (C=O) groups excluding carboxylic acids is 1. The van der Waals surface area contributed by atoms with Crippen LogP contribution in [0.5, 0.6) is 0 Å². The SMILES string of the molecule is CNC(=O)[C@@H](C[C@H]1CC[C@@H](C(C)C)C(=NO)C1)C(C)C. The highest BCUT2D eigenvalue weighted by atomic mass is 16.4. The molecule has 1 aliphatic rings. The average molecular weight is 282 g/mol. The Morgan fingerprint density at radius 2 is 2.00 bits per heavy atom. The average Bonchev–Trinajstić information content (AvgIpc) is 2.42. The number of hydrogen-bond donors (Lipinski definition) is 2. The second kappa shape index (κ2) is 7.65. The van der Waals surface area contributed by atoms with E-state index in [1.807, 2.05) is 0 Å². The fourth-order valence-electron chi connectivity index (χ4n) is 3.39. The van der Waals surface area contributed by atoms with Crippen molar-refractivity contribution in [3.63, 3.8) is 0 Å². The van der Waals surface area contributed by atoms with Gasteiger partial charge in [0, 0.05) is 18.9 Å². The summed E-state index contributed by atoms with van der Waals surface area (Å²) >= 11 is 0. The Bertz CT molecular complexity index is 350. The maximum Gasteiger partial charge on any atom is 0.223 e. The molecule has 1 amide bonds. The maximum absolute atomic E-state index is 12.0. The van der Waals surface area contributed by atoms with Gasteiger partial charge in [-0.2, -0.15) is 0 Å². The Morgan fingerprint density at radius 1 is 1.35 bits per heavy atom. The highest BCUT2D eigenvalue weighted by Gasteiger charge is 2.32. The Kier molecular flexibility index (Phi) is 6.50. The first-order valence-electron chi connectivity index (χ1n) is 7.83. The van der Waals surface area contributed by atoms with Gasteiger partial charge in [-0.3, -0.25) is 4.79 Å². The van der Waals surface area contributed by atoms with Gasteiger partial charge >= 0.3 is 0 Å². The van der Waals surface area contributed by atoms with E-state index >= 15 is 0 Å². The molecule has 4 nitrogen and oxygen atoms in total. The van der Waals surface area contributed by atoms with Crippen molar-refractivity contribution in [1.82, 2.24) is 5.32 Å². The molecule has 0 spiro atoms. The zero-order valence-electron chi connectivity index (χ0n) is 13.5. The molecule has 3 atom stereocenters. The van der Waals surface area contributed by atoms with Crippen LogP contribution in [0.3, 0.4) is 0 Å². The van der Waals surface area contributed by atoms with Crippen LogP contribution < -0.4 is 5.32 Å².